The van der Waals surface area contributed by atoms with Crippen molar-refractivity contribution in [2.75, 3.05) is 18.0 Å². The number of ether oxygens (including phenoxy) is 1. The van der Waals surface area contributed by atoms with Crippen molar-refractivity contribution in [3.8, 4) is 0 Å². The van der Waals surface area contributed by atoms with Crippen molar-refractivity contribution in [1.29, 1.82) is 0 Å². The Balaban J connectivity index is 2.14. The Hall–Kier alpha value is -1.76. The number of carbonyl (C=O) groups is 1. The maximum Gasteiger partial charge on any atom is 0.416 e. The van der Waals surface area contributed by atoms with Gasteiger partial charge in [-0.3, -0.25) is 4.90 Å². The van der Waals surface area contributed by atoms with Crippen LogP contribution in [0.3, 0.4) is 0 Å². The molecule has 0 aromatic heterocycles. The van der Waals surface area contributed by atoms with Gasteiger partial charge in [0, 0.05) is 5.69 Å². The monoisotopic (exact) mass is 288 g/mol. The van der Waals surface area contributed by atoms with Gasteiger partial charge in [-0.05, 0) is 37.6 Å². The zero-order valence-electron chi connectivity index (χ0n) is 10.7. The highest BCUT2D eigenvalue weighted by Gasteiger charge is 2.34. The average Bonchev–Trinajstić information content (AvgIpc) is 2.77. The Morgan fingerprint density at radius 2 is 2.15 bits per heavy atom. The molecule has 1 unspecified atom stereocenters. The van der Waals surface area contributed by atoms with Crippen LogP contribution in [0, 0.1) is 0 Å². The predicted molar refractivity (Wildman–Crippen MR) is 67.3 cm³/mol. The lowest BCUT2D eigenvalue weighted by Gasteiger charge is -2.15. The van der Waals surface area contributed by atoms with Crippen molar-refractivity contribution < 1.29 is 22.7 Å². The number of alkyl halides is 3. The number of hydrogen-bond acceptors (Lipinski definition) is 3. The normalized spacial score (nSPS) is 19.3. The summed E-state index contributed by atoms with van der Waals surface area (Å²) in [5.41, 5.74) is 4.79. The van der Waals surface area contributed by atoms with Crippen LogP contribution in [0.25, 0.3) is 0 Å². The van der Waals surface area contributed by atoms with Crippen LogP contribution in [0.4, 0.5) is 23.7 Å². The van der Waals surface area contributed by atoms with Crippen LogP contribution in [0.1, 0.15) is 18.4 Å². The molecule has 1 aliphatic rings. The van der Waals surface area contributed by atoms with E-state index in [9.17, 15) is 18.0 Å². The van der Waals surface area contributed by atoms with E-state index < -0.39 is 17.8 Å². The summed E-state index contributed by atoms with van der Waals surface area (Å²) >= 11 is 0. The van der Waals surface area contributed by atoms with E-state index >= 15 is 0 Å². The van der Waals surface area contributed by atoms with Crippen LogP contribution in [0.5, 0.6) is 0 Å². The van der Waals surface area contributed by atoms with Gasteiger partial charge in [0.15, 0.2) is 0 Å². The number of rotatable bonds is 4. The molecule has 0 spiro atoms. The first-order chi connectivity index (χ1) is 9.41. The van der Waals surface area contributed by atoms with Gasteiger partial charge in [-0.2, -0.15) is 13.2 Å². The van der Waals surface area contributed by atoms with E-state index in [1.54, 1.807) is 0 Å². The Morgan fingerprint density at radius 1 is 1.40 bits per heavy atom. The van der Waals surface area contributed by atoms with Gasteiger partial charge >= 0.3 is 12.3 Å². The largest absolute Gasteiger partial charge is 0.444 e. The first-order valence-corrected chi connectivity index (χ1v) is 6.27. The molecular weight excluding hydrogens is 273 g/mol. The fourth-order valence-corrected chi connectivity index (χ4v) is 2.08. The highest BCUT2D eigenvalue weighted by molar-refractivity contribution is 5.89. The summed E-state index contributed by atoms with van der Waals surface area (Å²) in [6.07, 6.45) is -4.06. The summed E-state index contributed by atoms with van der Waals surface area (Å²) in [6.45, 7) is 0.734. The fourth-order valence-electron chi connectivity index (χ4n) is 2.08. The van der Waals surface area contributed by atoms with Crippen molar-refractivity contribution in [3.63, 3.8) is 0 Å². The van der Waals surface area contributed by atoms with Crippen molar-refractivity contribution in [1.82, 2.24) is 0 Å². The molecule has 1 atom stereocenters. The number of hydrogen-bond donors (Lipinski definition) is 1. The Labute approximate surface area is 114 Å². The van der Waals surface area contributed by atoms with E-state index in [0.29, 0.717) is 19.4 Å². The molecule has 1 fully saturated rings. The summed E-state index contributed by atoms with van der Waals surface area (Å²) in [7, 11) is 0. The quantitative estimate of drug-likeness (QED) is 0.927. The first-order valence-electron chi connectivity index (χ1n) is 6.27. The molecule has 1 amide bonds. The minimum Gasteiger partial charge on any atom is -0.444 e. The lowest BCUT2D eigenvalue weighted by Crippen LogP contribution is -2.25. The number of amides is 1. The van der Waals surface area contributed by atoms with Crippen LogP contribution in [-0.4, -0.2) is 25.3 Å². The molecule has 0 aliphatic carbocycles. The average molecular weight is 288 g/mol. The van der Waals surface area contributed by atoms with E-state index in [1.807, 2.05) is 0 Å². The van der Waals surface area contributed by atoms with E-state index in [-0.39, 0.29) is 18.3 Å². The van der Waals surface area contributed by atoms with E-state index in [0.717, 1.165) is 12.1 Å². The molecule has 1 saturated heterocycles. The summed E-state index contributed by atoms with van der Waals surface area (Å²) in [4.78, 5) is 12.9. The summed E-state index contributed by atoms with van der Waals surface area (Å²) < 4.78 is 43.0. The van der Waals surface area contributed by atoms with Crippen LogP contribution >= 0.6 is 0 Å². The number of nitrogens with zero attached hydrogens (tertiary/aromatic N) is 1. The molecule has 7 heteroatoms. The molecule has 1 heterocycles. The van der Waals surface area contributed by atoms with Crippen molar-refractivity contribution in [2.24, 2.45) is 5.73 Å². The second kappa shape index (κ2) is 5.70. The van der Waals surface area contributed by atoms with E-state index in [2.05, 4.69) is 0 Å². The molecule has 110 valence electrons. The van der Waals surface area contributed by atoms with Gasteiger partial charge in [-0.15, -0.1) is 0 Å². The Bertz CT molecular complexity index is 491. The predicted octanol–water partition coefficient (Wildman–Crippen LogP) is 2.77. The molecule has 0 radical (unpaired) electrons. The number of benzene rings is 1. The molecule has 1 aromatic rings. The number of anilines is 1. The molecular formula is C13H15F3N2O2. The standard InChI is InChI=1S/C13H15F3N2O2/c14-13(15,16)9-3-1-4-10(7-9)18-8-11(5-2-6-17)20-12(18)19/h1,3-4,7,11H,2,5-6,8,17H2. The van der Waals surface area contributed by atoms with Gasteiger partial charge < -0.3 is 10.5 Å². The zero-order chi connectivity index (χ0) is 14.8. The smallest absolute Gasteiger partial charge is 0.416 e. The van der Waals surface area contributed by atoms with Gasteiger partial charge in [0.25, 0.3) is 0 Å². The number of carbonyl (C=O) groups excluding carboxylic acids is 1. The van der Waals surface area contributed by atoms with Gasteiger partial charge in [0.2, 0.25) is 0 Å². The van der Waals surface area contributed by atoms with Crippen LogP contribution in [0.2, 0.25) is 0 Å². The third-order valence-electron chi connectivity index (χ3n) is 3.09. The fraction of sp³-hybridized carbons (Fsp3) is 0.462. The molecule has 20 heavy (non-hydrogen) atoms. The molecule has 1 aromatic carbocycles. The maximum atomic E-state index is 12.6. The lowest BCUT2D eigenvalue weighted by molar-refractivity contribution is -0.137. The van der Waals surface area contributed by atoms with Gasteiger partial charge in [-0.25, -0.2) is 4.79 Å². The van der Waals surface area contributed by atoms with Crippen LogP contribution in [-0.2, 0) is 10.9 Å². The first kappa shape index (κ1) is 14.6. The highest BCUT2D eigenvalue weighted by atomic mass is 19.4. The van der Waals surface area contributed by atoms with Gasteiger partial charge in [0.05, 0.1) is 12.1 Å². The van der Waals surface area contributed by atoms with Crippen molar-refractivity contribution in [3.05, 3.63) is 29.8 Å². The third kappa shape index (κ3) is 3.22. The molecule has 2 N–H and O–H groups in total. The van der Waals surface area contributed by atoms with E-state index in [4.69, 9.17) is 10.5 Å². The highest BCUT2D eigenvalue weighted by Crippen LogP contribution is 2.32. The maximum absolute atomic E-state index is 12.6. The SMILES string of the molecule is NCCCC1CN(c2cccc(C(F)(F)F)c2)C(=O)O1. The number of halogens is 3. The van der Waals surface area contributed by atoms with Gasteiger partial charge in [0.1, 0.15) is 6.10 Å². The molecule has 4 nitrogen and oxygen atoms in total. The topological polar surface area (TPSA) is 55.6 Å². The van der Waals surface area contributed by atoms with E-state index in [1.165, 1.54) is 17.0 Å². The summed E-state index contributed by atoms with van der Waals surface area (Å²) in [6, 6.07) is 4.66. The van der Waals surface area contributed by atoms with Crippen molar-refractivity contribution >= 4 is 11.8 Å². The second-order valence-electron chi connectivity index (χ2n) is 4.60. The Morgan fingerprint density at radius 3 is 2.80 bits per heavy atom. The third-order valence-corrected chi connectivity index (χ3v) is 3.09. The van der Waals surface area contributed by atoms with Crippen molar-refractivity contribution in [2.45, 2.75) is 25.1 Å². The summed E-state index contributed by atoms with van der Waals surface area (Å²) in [5.74, 6) is 0. The molecule has 0 saturated carbocycles. The molecule has 1 aliphatic heterocycles. The minimum atomic E-state index is -4.43. The number of nitrogens with two attached hydrogens (primary N) is 1. The zero-order valence-corrected chi connectivity index (χ0v) is 10.7. The second-order valence-corrected chi connectivity index (χ2v) is 4.60. The minimum absolute atomic E-state index is 0.195. The molecule has 0 bridgehead atoms. The lowest BCUT2D eigenvalue weighted by atomic mass is 10.1. The Kier molecular flexibility index (Phi) is 4.17. The van der Waals surface area contributed by atoms with Crippen LogP contribution in [0.15, 0.2) is 24.3 Å². The number of cyclic esters (lactones) is 1. The summed E-state index contributed by atoms with van der Waals surface area (Å²) in [5, 5.41) is 0. The van der Waals surface area contributed by atoms with Crippen LogP contribution < -0.4 is 10.6 Å². The molecule has 2 rings (SSSR count). The van der Waals surface area contributed by atoms with Gasteiger partial charge in [-0.1, -0.05) is 6.07 Å².